The van der Waals surface area contributed by atoms with Gasteiger partial charge >= 0.3 is 5.97 Å². The third kappa shape index (κ3) is 3.33. The number of methoxy groups -OCH3 is 1. The van der Waals surface area contributed by atoms with Crippen LogP contribution in [0.4, 0.5) is 10.1 Å². The van der Waals surface area contributed by atoms with Crippen molar-refractivity contribution in [2.75, 3.05) is 12.4 Å². The number of hydrogen-bond donors (Lipinski definition) is 2. The SMILES string of the molecule is COc1ccc(C(=O)Nc2ccc(C(=O)O)nc2)c(F)c1. The Morgan fingerprint density at radius 3 is 2.57 bits per heavy atom. The third-order valence-corrected chi connectivity index (χ3v) is 2.66. The van der Waals surface area contributed by atoms with Crippen LogP contribution < -0.4 is 10.1 Å². The Balaban J connectivity index is 2.16. The summed E-state index contributed by atoms with van der Waals surface area (Å²) >= 11 is 0. The lowest BCUT2D eigenvalue weighted by Crippen LogP contribution is -2.14. The molecule has 0 aliphatic rings. The van der Waals surface area contributed by atoms with Gasteiger partial charge in [0.2, 0.25) is 0 Å². The predicted molar refractivity (Wildman–Crippen MR) is 72.1 cm³/mol. The number of nitrogens with zero attached hydrogens (tertiary/aromatic N) is 1. The Labute approximate surface area is 119 Å². The van der Waals surface area contributed by atoms with Crippen LogP contribution in [0.15, 0.2) is 36.5 Å². The minimum atomic E-state index is -1.17. The number of benzene rings is 1. The van der Waals surface area contributed by atoms with Crippen LogP contribution in [-0.4, -0.2) is 29.1 Å². The highest BCUT2D eigenvalue weighted by Crippen LogP contribution is 2.17. The molecule has 108 valence electrons. The molecule has 6 nitrogen and oxygen atoms in total. The summed E-state index contributed by atoms with van der Waals surface area (Å²) in [5.74, 6) is -2.26. The Bertz CT molecular complexity index is 686. The van der Waals surface area contributed by atoms with Gasteiger partial charge in [-0.05, 0) is 24.3 Å². The summed E-state index contributed by atoms with van der Waals surface area (Å²) in [6, 6.07) is 6.46. The van der Waals surface area contributed by atoms with Crippen molar-refractivity contribution in [3.63, 3.8) is 0 Å². The van der Waals surface area contributed by atoms with Gasteiger partial charge in [0, 0.05) is 6.07 Å². The van der Waals surface area contributed by atoms with E-state index >= 15 is 0 Å². The Morgan fingerprint density at radius 1 is 1.29 bits per heavy atom. The first-order valence-corrected chi connectivity index (χ1v) is 5.85. The molecule has 7 heteroatoms. The van der Waals surface area contributed by atoms with Crippen molar-refractivity contribution >= 4 is 17.6 Å². The number of amides is 1. The monoisotopic (exact) mass is 290 g/mol. The molecule has 2 aromatic rings. The molecule has 0 aliphatic heterocycles. The lowest BCUT2D eigenvalue weighted by Gasteiger charge is -2.07. The number of pyridine rings is 1. The fourth-order valence-corrected chi connectivity index (χ4v) is 1.60. The Morgan fingerprint density at radius 2 is 2.05 bits per heavy atom. The summed E-state index contributed by atoms with van der Waals surface area (Å²) in [4.78, 5) is 26.2. The van der Waals surface area contributed by atoms with E-state index in [-0.39, 0.29) is 16.9 Å². The fraction of sp³-hybridized carbons (Fsp3) is 0.0714. The molecule has 1 amide bonds. The molecule has 0 aliphatic carbocycles. The van der Waals surface area contributed by atoms with E-state index in [1.165, 1.54) is 37.6 Å². The molecular weight excluding hydrogens is 279 g/mol. The summed E-state index contributed by atoms with van der Waals surface area (Å²) in [6.45, 7) is 0. The maximum Gasteiger partial charge on any atom is 0.354 e. The zero-order valence-corrected chi connectivity index (χ0v) is 11.0. The first kappa shape index (κ1) is 14.4. The second-order valence-electron chi connectivity index (χ2n) is 4.04. The average Bonchev–Trinajstić information content (AvgIpc) is 2.47. The number of aromatic nitrogens is 1. The van der Waals surface area contributed by atoms with Crippen molar-refractivity contribution in [3.8, 4) is 5.75 Å². The van der Waals surface area contributed by atoms with Gasteiger partial charge in [-0.3, -0.25) is 4.79 Å². The highest BCUT2D eigenvalue weighted by Gasteiger charge is 2.13. The van der Waals surface area contributed by atoms with Crippen LogP contribution in [0, 0.1) is 5.82 Å². The van der Waals surface area contributed by atoms with Crippen LogP contribution >= 0.6 is 0 Å². The molecule has 0 bridgehead atoms. The van der Waals surface area contributed by atoms with Crippen LogP contribution in [0.5, 0.6) is 5.75 Å². The van der Waals surface area contributed by atoms with Gasteiger partial charge in [0.05, 0.1) is 24.6 Å². The lowest BCUT2D eigenvalue weighted by atomic mass is 10.2. The molecule has 0 saturated heterocycles. The minimum absolute atomic E-state index is 0.149. The van der Waals surface area contributed by atoms with Gasteiger partial charge in [-0.25, -0.2) is 14.2 Å². The largest absolute Gasteiger partial charge is 0.497 e. The molecule has 2 rings (SSSR count). The molecule has 1 heterocycles. The van der Waals surface area contributed by atoms with Crippen molar-refractivity contribution in [1.29, 1.82) is 0 Å². The second kappa shape index (κ2) is 6.00. The van der Waals surface area contributed by atoms with Crippen molar-refractivity contribution in [1.82, 2.24) is 4.98 Å². The number of ether oxygens (including phenoxy) is 1. The number of rotatable bonds is 4. The average molecular weight is 290 g/mol. The number of nitrogens with one attached hydrogen (secondary N) is 1. The van der Waals surface area contributed by atoms with E-state index in [2.05, 4.69) is 10.3 Å². The molecule has 0 atom stereocenters. The van der Waals surface area contributed by atoms with E-state index < -0.39 is 17.7 Å². The topological polar surface area (TPSA) is 88.5 Å². The van der Waals surface area contributed by atoms with Gasteiger partial charge in [-0.15, -0.1) is 0 Å². The highest BCUT2D eigenvalue weighted by atomic mass is 19.1. The van der Waals surface area contributed by atoms with Crippen molar-refractivity contribution in [2.24, 2.45) is 0 Å². The van der Waals surface area contributed by atoms with Gasteiger partial charge in [-0.1, -0.05) is 0 Å². The number of carboxylic acid groups (broad SMARTS) is 1. The Kier molecular flexibility index (Phi) is 4.13. The quantitative estimate of drug-likeness (QED) is 0.901. The van der Waals surface area contributed by atoms with Gasteiger partial charge in [0.1, 0.15) is 17.3 Å². The molecule has 0 fully saturated rings. The fourth-order valence-electron chi connectivity index (χ4n) is 1.60. The van der Waals surface area contributed by atoms with E-state index in [4.69, 9.17) is 9.84 Å². The first-order valence-electron chi connectivity index (χ1n) is 5.85. The minimum Gasteiger partial charge on any atom is -0.497 e. The van der Waals surface area contributed by atoms with E-state index in [0.717, 1.165) is 6.07 Å². The zero-order valence-electron chi connectivity index (χ0n) is 11.0. The third-order valence-electron chi connectivity index (χ3n) is 2.66. The van der Waals surface area contributed by atoms with Gasteiger partial charge in [0.25, 0.3) is 5.91 Å². The maximum absolute atomic E-state index is 13.7. The molecule has 2 N–H and O–H groups in total. The van der Waals surface area contributed by atoms with Crippen LogP contribution in [0.2, 0.25) is 0 Å². The van der Waals surface area contributed by atoms with Crippen LogP contribution in [0.1, 0.15) is 20.8 Å². The number of anilines is 1. The summed E-state index contributed by atoms with van der Waals surface area (Å²) in [5, 5.41) is 11.1. The smallest absolute Gasteiger partial charge is 0.354 e. The van der Waals surface area contributed by atoms with Crippen LogP contribution in [-0.2, 0) is 0 Å². The molecule has 0 spiro atoms. The number of aromatic carboxylic acids is 1. The lowest BCUT2D eigenvalue weighted by molar-refractivity contribution is 0.0690. The first-order chi connectivity index (χ1) is 10.0. The summed E-state index contributed by atoms with van der Waals surface area (Å²) < 4.78 is 18.6. The molecule has 0 radical (unpaired) electrons. The van der Waals surface area contributed by atoms with Crippen molar-refractivity contribution in [3.05, 3.63) is 53.6 Å². The van der Waals surface area contributed by atoms with Crippen LogP contribution in [0.25, 0.3) is 0 Å². The molecule has 1 aromatic carbocycles. The number of carboxylic acids is 1. The van der Waals surface area contributed by atoms with Crippen molar-refractivity contribution in [2.45, 2.75) is 0 Å². The normalized spacial score (nSPS) is 10.0. The van der Waals surface area contributed by atoms with Gasteiger partial charge < -0.3 is 15.2 Å². The highest BCUT2D eigenvalue weighted by molar-refractivity contribution is 6.04. The van der Waals surface area contributed by atoms with E-state index in [9.17, 15) is 14.0 Å². The van der Waals surface area contributed by atoms with Gasteiger partial charge in [0.15, 0.2) is 0 Å². The number of hydrogen-bond acceptors (Lipinski definition) is 4. The summed E-state index contributed by atoms with van der Waals surface area (Å²) in [5.41, 5.74) is -0.0399. The van der Waals surface area contributed by atoms with Gasteiger partial charge in [-0.2, -0.15) is 0 Å². The molecule has 0 saturated carbocycles. The molecule has 21 heavy (non-hydrogen) atoms. The van der Waals surface area contributed by atoms with E-state index in [1.54, 1.807) is 0 Å². The maximum atomic E-state index is 13.7. The summed E-state index contributed by atoms with van der Waals surface area (Å²) in [6.07, 6.45) is 1.18. The van der Waals surface area contributed by atoms with Crippen LogP contribution in [0.3, 0.4) is 0 Å². The predicted octanol–water partition coefficient (Wildman–Crippen LogP) is 2.18. The Hall–Kier alpha value is -2.96. The zero-order chi connectivity index (χ0) is 15.4. The molecular formula is C14H11FN2O4. The number of carbonyl (C=O) groups is 2. The van der Waals surface area contributed by atoms with Crippen molar-refractivity contribution < 1.29 is 23.8 Å². The number of halogens is 1. The standard InChI is InChI=1S/C14H11FN2O4/c1-21-9-3-4-10(11(15)6-9)13(18)17-8-2-5-12(14(19)20)16-7-8/h2-7H,1H3,(H,17,18)(H,19,20). The second-order valence-corrected chi connectivity index (χ2v) is 4.04. The summed E-state index contributed by atoms with van der Waals surface area (Å²) in [7, 11) is 1.39. The molecule has 0 unspecified atom stereocenters. The molecule has 1 aromatic heterocycles. The van der Waals surface area contributed by atoms with E-state index in [1.807, 2.05) is 0 Å². The number of carbonyl (C=O) groups excluding carboxylic acids is 1. The van der Waals surface area contributed by atoms with E-state index in [0.29, 0.717) is 5.75 Å².